The highest BCUT2D eigenvalue weighted by Crippen LogP contribution is 2.53. The Morgan fingerprint density at radius 1 is 1.40 bits per heavy atom. The van der Waals surface area contributed by atoms with Gasteiger partial charge in [-0.15, -0.1) is 0 Å². The molecule has 0 aromatic heterocycles. The topological polar surface area (TPSA) is 29.5 Å². The Morgan fingerprint density at radius 2 is 2.25 bits per heavy atom. The van der Waals surface area contributed by atoms with Crippen LogP contribution in [0.2, 0.25) is 0 Å². The minimum absolute atomic E-state index is 0.0126. The van der Waals surface area contributed by atoms with Crippen LogP contribution < -0.4 is 4.74 Å². The van der Waals surface area contributed by atoms with E-state index in [1.807, 2.05) is 0 Å². The second kappa shape index (κ2) is 3.95. The molecule has 3 nitrogen and oxygen atoms in total. The summed E-state index contributed by atoms with van der Waals surface area (Å²) in [6, 6.07) is 4.37. The quantitative estimate of drug-likeness (QED) is 0.724. The van der Waals surface area contributed by atoms with Crippen molar-refractivity contribution in [2.45, 2.75) is 37.8 Å². The number of ketones is 1. The number of nitrogens with zero attached hydrogens (tertiary/aromatic N) is 1. The molecule has 2 heterocycles. The minimum atomic E-state index is -0.0879. The zero-order valence-electron chi connectivity index (χ0n) is 12.0. The van der Waals surface area contributed by atoms with E-state index < -0.39 is 0 Å². The first kappa shape index (κ1) is 12.2. The average molecular weight is 269 g/mol. The van der Waals surface area contributed by atoms with Gasteiger partial charge in [0.15, 0.2) is 5.78 Å². The Hall–Kier alpha value is -1.61. The third-order valence-corrected chi connectivity index (χ3v) is 5.04. The molecule has 0 amide bonds. The highest BCUT2D eigenvalue weighted by Gasteiger charge is 2.51. The van der Waals surface area contributed by atoms with Crippen molar-refractivity contribution < 1.29 is 9.53 Å². The van der Waals surface area contributed by atoms with Crippen molar-refractivity contribution in [3.63, 3.8) is 0 Å². The van der Waals surface area contributed by atoms with Gasteiger partial charge in [0.1, 0.15) is 11.9 Å². The summed E-state index contributed by atoms with van der Waals surface area (Å²) < 4.78 is 6.23. The van der Waals surface area contributed by atoms with Crippen LogP contribution >= 0.6 is 0 Å². The van der Waals surface area contributed by atoms with Gasteiger partial charge in [-0.3, -0.25) is 4.79 Å². The molecule has 0 saturated heterocycles. The number of aryl methyl sites for hydroxylation is 1. The Balaban J connectivity index is 1.99. The minimum Gasteiger partial charge on any atom is -0.488 e. The molecule has 0 saturated carbocycles. The molecule has 1 spiro atoms. The fraction of sp³-hybridized carbons (Fsp3) is 0.471. The van der Waals surface area contributed by atoms with Crippen LogP contribution in [-0.4, -0.2) is 30.4 Å². The highest BCUT2D eigenvalue weighted by molar-refractivity contribution is 5.92. The van der Waals surface area contributed by atoms with Crippen LogP contribution in [0.5, 0.6) is 5.75 Å². The second-order valence-electron chi connectivity index (χ2n) is 6.38. The number of hydrogen-bond donors (Lipinski definition) is 0. The summed E-state index contributed by atoms with van der Waals surface area (Å²) >= 11 is 0. The molecular weight excluding hydrogens is 250 g/mol. The number of benzene rings is 1. The van der Waals surface area contributed by atoms with Gasteiger partial charge in [0, 0.05) is 18.5 Å². The van der Waals surface area contributed by atoms with Gasteiger partial charge < -0.3 is 9.64 Å². The zero-order chi connectivity index (χ0) is 13.9. The Bertz CT molecular complexity index is 634. The van der Waals surface area contributed by atoms with Gasteiger partial charge in [0.05, 0.1) is 5.41 Å². The SMILES string of the molecule is Cc1ccc2c3c1O[C@H]1CC(=O)C=C[C@@]31CCN(C)C2. The van der Waals surface area contributed by atoms with Crippen molar-refractivity contribution in [1.82, 2.24) is 4.90 Å². The monoisotopic (exact) mass is 269 g/mol. The maximum Gasteiger partial charge on any atom is 0.159 e. The number of rotatable bonds is 0. The van der Waals surface area contributed by atoms with Gasteiger partial charge in [-0.2, -0.15) is 0 Å². The van der Waals surface area contributed by atoms with Gasteiger partial charge >= 0.3 is 0 Å². The number of allylic oxidation sites excluding steroid dienone is 1. The van der Waals surface area contributed by atoms with Crippen LogP contribution in [0.4, 0.5) is 0 Å². The predicted octanol–water partition coefficient (Wildman–Crippen LogP) is 2.36. The Morgan fingerprint density at radius 3 is 3.10 bits per heavy atom. The van der Waals surface area contributed by atoms with Crippen LogP contribution in [0.1, 0.15) is 29.5 Å². The first-order valence-corrected chi connectivity index (χ1v) is 7.30. The molecule has 3 heteroatoms. The summed E-state index contributed by atoms with van der Waals surface area (Å²) in [5, 5.41) is 0. The van der Waals surface area contributed by atoms with Crippen LogP contribution in [-0.2, 0) is 16.8 Å². The van der Waals surface area contributed by atoms with Crippen LogP contribution in [0.15, 0.2) is 24.3 Å². The summed E-state index contributed by atoms with van der Waals surface area (Å²) in [7, 11) is 2.16. The molecule has 1 aromatic rings. The van der Waals surface area contributed by atoms with E-state index in [1.54, 1.807) is 6.08 Å². The zero-order valence-corrected chi connectivity index (χ0v) is 12.0. The summed E-state index contributed by atoms with van der Waals surface area (Å²) in [5.41, 5.74) is 3.79. The first-order chi connectivity index (χ1) is 9.60. The highest BCUT2D eigenvalue weighted by atomic mass is 16.5. The Kier molecular flexibility index (Phi) is 2.40. The fourth-order valence-corrected chi connectivity index (χ4v) is 3.95. The van der Waals surface area contributed by atoms with Crippen molar-refractivity contribution >= 4 is 5.78 Å². The lowest BCUT2D eigenvalue weighted by molar-refractivity contribution is -0.117. The predicted molar refractivity (Wildman–Crippen MR) is 77.0 cm³/mol. The van der Waals surface area contributed by atoms with E-state index in [0.717, 1.165) is 25.3 Å². The van der Waals surface area contributed by atoms with Crippen molar-refractivity contribution in [3.05, 3.63) is 41.0 Å². The van der Waals surface area contributed by atoms with Crippen molar-refractivity contribution in [2.24, 2.45) is 0 Å². The van der Waals surface area contributed by atoms with Crippen LogP contribution in [0.3, 0.4) is 0 Å². The molecule has 1 aliphatic carbocycles. The average Bonchev–Trinajstić information content (AvgIpc) is 2.68. The number of carbonyl (C=O) groups excluding carboxylic acids is 1. The van der Waals surface area contributed by atoms with Gasteiger partial charge in [0.25, 0.3) is 0 Å². The maximum atomic E-state index is 11.8. The summed E-state index contributed by atoms with van der Waals surface area (Å²) in [4.78, 5) is 14.1. The summed E-state index contributed by atoms with van der Waals surface area (Å²) in [6.45, 7) is 4.09. The van der Waals surface area contributed by atoms with Crippen LogP contribution in [0, 0.1) is 6.92 Å². The molecule has 2 aliphatic heterocycles. The van der Waals surface area contributed by atoms with E-state index in [4.69, 9.17) is 4.74 Å². The van der Waals surface area contributed by atoms with E-state index >= 15 is 0 Å². The molecule has 1 aromatic carbocycles. The lowest BCUT2D eigenvalue weighted by atomic mass is 9.69. The van der Waals surface area contributed by atoms with Gasteiger partial charge in [-0.25, -0.2) is 0 Å². The molecular formula is C17H19NO2. The van der Waals surface area contributed by atoms with Gasteiger partial charge in [-0.1, -0.05) is 18.2 Å². The second-order valence-corrected chi connectivity index (χ2v) is 6.38. The molecule has 0 N–H and O–H groups in total. The number of ether oxygens (including phenoxy) is 1. The summed E-state index contributed by atoms with van der Waals surface area (Å²) in [5.74, 6) is 1.22. The molecule has 4 rings (SSSR count). The standard InChI is InChI=1S/C17H19NO2/c1-11-3-4-12-10-18(2)8-7-17-6-5-13(19)9-14(17)20-16(11)15(12)17/h3-6,14H,7-10H2,1-2H3/t14-,17-/m0/s1. The molecule has 2 atom stereocenters. The van der Waals surface area contributed by atoms with E-state index in [1.165, 1.54) is 16.7 Å². The number of carbonyl (C=O) groups is 1. The lowest BCUT2D eigenvalue weighted by Crippen LogP contribution is -2.41. The molecule has 104 valence electrons. The van der Waals surface area contributed by atoms with Gasteiger partial charge in [0.2, 0.25) is 0 Å². The van der Waals surface area contributed by atoms with E-state index in [0.29, 0.717) is 6.42 Å². The Labute approximate surface area is 119 Å². The summed E-state index contributed by atoms with van der Waals surface area (Å²) in [6.07, 6.45) is 5.42. The molecule has 20 heavy (non-hydrogen) atoms. The third-order valence-electron chi connectivity index (χ3n) is 5.04. The molecule has 0 bridgehead atoms. The third kappa shape index (κ3) is 1.47. The van der Waals surface area contributed by atoms with Crippen molar-refractivity contribution in [1.29, 1.82) is 0 Å². The van der Waals surface area contributed by atoms with E-state index in [2.05, 4.69) is 37.1 Å². The molecule has 0 fully saturated rings. The molecule has 0 unspecified atom stereocenters. The van der Waals surface area contributed by atoms with Crippen molar-refractivity contribution in [3.8, 4) is 5.75 Å². The maximum absolute atomic E-state index is 11.8. The first-order valence-electron chi connectivity index (χ1n) is 7.30. The van der Waals surface area contributed by atoms with Crippen molar-refractivity contribution in [2.75, 3.05) is 13.6 Å². The largest absolute Gasteiger partial charge is 0.488 e. The fourth-order valence-electron chi connectivity index (χ4n) is 3.95. The normalized spacial score (nSPS) is 31.5. The van der Waals surface area contributed by atoms with E-state index in [-0.39, 0.29) is 17.3 Å². The van der Waals surface area contributed by atoms with Gasteiger partial charge in [-0.05, 0) is 44.1 Å². The van der Waals surface area contributed by atoms with Crippen LogP contribution in [0.25, 0.3) is 0 Å². The lowest BCUT2D eigenvalue weighted by Gasteiger charge is -2.33. The number of hydrogen-bond acceptors (Lipinski definition) is 3. The smallest absolute Gasteiger partial charge is 0.159 e. The van der Waals surface area contributed by atoms with E-state index in [9.17, 15) is 4.79 Å². The molecule has 3 aliphatic rings. The molecule has 0 radical (unpaired) electrons.